The Bertz CT molecular complexity index is 939. The maximum Gasteiger partial charge on any atom is 0.249 e. The van der Waals surface area contributed by atoms with Crippen LogP contribution in [0, 0.1) is 5.92 Å². The van der Waals surface area contributed by atoms with Gasteiger partial charge in [0.25, 0.3) is 0 Å². The van der Waals surface area contributed by atoms with E-state index in [4.69, 9.17) is 5.73 Å². The monoisotopic (exact) mass is 431 g/mol. The van der Waals surface area contributed by atoms with Gasteiger partial charge in [-0.05, 0) is 17.9 Å². The Hall–Kier alpha value is -2.46. The first-order valence-electron chi connectivity index (χ1n) is 9.48. The Morgan fingerprint density at radius 3 is 2.66 bits per heavy atom. The minimum Gasteiger partial charge on any atom is -0.368 e. The predicted octanol–water partition coefficient (Wildman–Crippen LogP) is 3.79. The Balaban J connectivity index is 1.72. The van der Waals surface area contributed by atoms with Crippen molar-refractivity contribution in [3.8, 4) is 0 Å². The number of nitrogens with two attached hydrogens (primary N) is 1. The maximum absolute atomic E-state index is 12.9. The molecule has 0 fully saturated rings. The zero-order valence-electron chi connectivity index (χ0n) is 16.7. The zero-order valence-corrected chi connectivity index (χ0v) is 18.3. The molecule has 0 saturated heterocycles. The van der Waals surface area contributed by atoms with E-state index >= 15 is 0 Å². The Kier molecular flexibility index (Phi) is 7.21. The average molecular weight is 432 g/mol. The molecule has 154 valence electrons. The number of nitrogen functional groups attached to an aromatic ring is 1. The number of benzene rings is 1. The Labute approximate surface area is 178 Å². The number of hydrogen-bond donors (Lipinski definition) is 2. The lowest BCUT2D eigenvalue weighted by molar-refractivity contribution is -0.119. The van der Waals surface area contributed by atoms with Crippen LogP contribution in [0.5, 0.6) is 0 Å². The number of anilines is 2. The van der Waals surface area contributed by atoms with E-state index in [1.54, 1.807) is 4.57 Å². The molecule has 0 spiro atoms. The second-order valence-electron chi connectivity index (χ2n) is 7.00. The van der Waals surface area contributed by atoms with Crippen molar-refractivity contribution in [3.63, 3.8) is 0 Å². The minimum atomic E-state index is -0.527. The average Bonchev–Trinajstić information content (AvgIpc) is 3.28. The number of nitrogens with zero attached hydrogens (tertiary/aromatic N) is 5. The summed E-state index contributed by atoms with van der Waals surface area (Å²) >= 11 is 2.90. The van der Waals surface area contributed by atoms with E-state index in [2.05, 4.69) is 39.6 Å². The molecule has 1 unspecified atom stereocenters. The SMILES string of the molecule is CCC(C(=O)Nc1nnc(CC(C)C)s1)n1c(N)nnc1SCc1ccccc1. The molecule has 2 aromatic heterocycles. The van der Waals surface area contributed by atoms with Gasteiger partial charge in [-0.2, -0.15) is 0 Å². The van der Waals surface area contributed by atoms with Crippen LogP contribution >= 0.6 is 23.1 Å². The summed E-state index contributed by atoms with van der Waals surface area (Å²) < 4.78 is 1.69. The fourth-order valence-electron chi connectivity index (χ4n) is 2.81. The summed E-state index contributed by atoms with van der Waals surface area (Å²) in [6.07, 6.45) is 1.38. The number of amides is 1. The van der Waals surface area contributed by atoms with Crippen molar-refractivity contribution in [2.45, 2.75) is 50.6 Å². The van der Waals surface area contributed by atoms with Crippen LogP contribution in [0.15, 0.2) is 35.5 Å². The summed E-state index contributed by atoms with van der Waals surface area (Å²) in [6, 6.07) is 9.53. The molecule has 8 nitrogen and oxygen atoms in total. The predicted molar refractivity (Wildman–Crippen MR) is 117 cm³/mol. The standard InChI is InChI=1S/C19H25N7OS2/c1-4-14(16(27)21-18-24-22-15(29-18)10-12(2)3)26-17(20)23-25-19(26)28-11-13-8-6-5-7-9-13/h5-9,12,14H,4,10-11H2,1-3H3,(H2,20,23)(H,21,24,27). The lowest BCUT2D eigenvalue weighted by atomic mass is 10.1. The van der Waals surface area contributed by atoms with Crippen LogP contribution in [0.2, 0.25) is 0 Å². The van der Waals surface area contributed by atoms with Gasteiger partial charge in [-0.25, -0.2) is 0 Å². The number of hydrogen-bond acceptors (Lipinski definition) is 8. The zero-order chi connectivity index (χ0) is 20.8. The van der Waals surface area contributed by atoms with Crippen molar-refractivity contribution < 1.29 is 4.79 Å². The van der Waals surface area contributed by atoms with E-state index in [-0.39, 0.29) is 11.9 Å². The molecule has 0 aliphatic heterocycles. The third-order valence-electron chi connectivity index (χ3n) is 4.18. The highest BCUT2D eigenvalue weighted by Crippen LogP contribution is 2.28. The van der Waals surface area contributed by atoms with Gasteiger partial charge in [0, 0.05) is 12.2 Å². The van der Waals surface area contributed by atoms with Crippen molar-refractivity contribution in [1.82, 2.24) is 25.0 Å². The highest BCUT2D eigenvalue weighted by atomic mass is 32.2. The molecule has 0 bridgehead atoms. The molecule has 1 atom stereocenters. The van der Waals surface area contributed by atoms with E-state index in [0.717, 1.165) is 17.0 Å². The minimum absolute atomic E-state index is 0.201. The van der Waals surface area contributed by atoms with Crippen molar-refractivity contribution >= 4 is 40.1 Å². The third kappa shape index (κ3) is 5.54. The van der Waals surface area contributed by atoms with E-state index in [9.17, 15) is 4.79 Å². The second kappa shape index (κ2) is 9.84. The molecule has 10 heteroatoms. The van der Waals surface area contributed by atoms with Gasteiger partial charge >= 0.3 is 0 Å². The summed E-state index contributed by atoms with van der Waals surface area (Å²) in [5.41, 5.74) is 7.21. The number of thioether (sulfide) groups is 1. The normalized spacial score (nSPS) is 12.3. The van der Waals surface area contributed by atoms with Crippen LogP contribution in [0.25, 0.3) is 0 Å². The quantitative estimate of drug-likeness (QED) is 0.496. The second-order valence-corrected chi connectivity index (χ2v) is 9.00. The topological polar surface area (TPSA) is 112 Å². The smallest absolute Gasteiger partial charge is 0.249 e. The van der Waals surface area contributed by atoms with Gasteiger partial charge < -0.3 is 5.73 Å². The van der Waals surface area contributed by atoms with Crippen LogP contribution in [-0.4, -0.2) is 30.9 Å². The first-order chi connectivity index (χ1) is 14.0. The summed E-state index contributed by atoms with van der Waals surface area (Å²) in [4.78, 5) is 12.9. The van der Waals surface area contributed by atoms with Crippen molar-refractivity contribution in [2.75, 3.05) is 11.1 Å². The van der Waals surface area contributed by atoms with Crippen LogP contribution in [0.3, 0.4) is 0 Å². The van der Waals surface area contributed by atoms with Gasteiger partial charge in [-0.15, -0.1) is 20.4 Å². The molecular weight excluding hydrogens is 406 g/mol. The molecule has 1 amide bonds. The molecule has 1 aromatic carbocycles. The highest BCUT2D eigenvalue weighted by molar-refractivity contribution is 7.98. The highest BCUT2D eigenvalue weighted by Gasteiger charge is 2.26. The number of rotatable bonds is 9. The number of carbonyl (C=O) groups is 1. The molecule has 0 radical (unpaired) electrons. The molecule has 3 N–H and O–H groups in total. The van der Waals surface area contributed by atoms with Gasteiger partial charge in [-0.3, -0.25) is 14.7 Å². The lowest BCUT2D eigenvalue weighted by Crippen LogP contribution is -2.27. The van der Waals surface area contributed by atoms with Gasteiger partial charge in [0.2, 0.25) is 17.0 Å². The molecule has 3 aromatic rings. The van der Waals surface area contributed by atoms with Crippen LogP contribution < -0.4 is 11.1 Å². The van der Waals surface area contributed by atoms with Gasteiger partial charge in [0.1, 0.15) is 11.0 Å². The molecule has 3 rings (SSSR count). The van der Waals surface area contributed by atoms with Gasteiger partial charge in [0.05, 0.1) is 0 Å². The van der Waals surface area contributed by atoms with Crippen LogP contribution in [0.4, 0.5) is 11.1 Å². The maximum atomic E-state index is 12.9. The lowest BCUT2D eigenvalue weighted by Gasteiger charge is -2.18. The molecule has 0 saturated carbocycles. The van der Waals surface area contributed by atoms with Crippen LogP contribution in [-0.2, 0) is 17.0 Å². The van der Waals surface area contributed by atoms with E-state index < -0.39 is 6.04 Å². The summed E-state index contributed by atoms with van der Waals surface area (Å²) in [7, 11) is 0. The van der Waals surface area contributed by atoms with E-state index in [1.807, 2.05) is 37.3 Å². The Morgan fingerprint density at radius 2 is 1.97 bits per heavy atom. The van der Waals surface area contributed by atoms with Gasteiger partial charge in [-0.1, -0.05) is 74.2 Å². The van der Waals surface area contributed by atoms with Crippen LogP contribution in [0.1, 0.15) is 43.8 Å². The summed E-state index contributed by atoms with van der Waals surface area (Å²) in [5, 5.41) is 21.3. The molecule has 2 heterocycles. The fourth-order valence-corrected chi connectivity index (χ4v) is 4.71. The van der Waals surface area contributed by atoms with Crippen molar-refractivity contribution in [3.05, 3.63) is 40.9 Å². The van der Waals surface area contributed by atoms with Crippen molar-refractivity contribution in [2.24, 2.45) is 5.92 Å². The number of carbonyl (C=O) groups excluding carboxylic acids is 1. The number of aromatic nitrogens is 5. The van der Waals surface area contributed by atoms with Crippen molar-refractivity contribution in [1.29, 1.82) is 0 Å². The Morgan fingerprint density at radius 1 is 1.21 bits per heavy atom. The number of nitrogens with one attached hydrogen (secondary N) is 1. The first kappa shape index (κ1) is 21.3. The third-order valence-corrected chi connectivity index (χ3v) is 6.06. The van der Waals surface area contributed by atoms with Gasteiger partial charge in [0.15, 0.2) is 5.16 Å². The van der Waals surface area contributed by atoms with E-state index in [0.29, 0.717) is 28.4 Å². The first-order valence-corrected chi connectivity index (χ1v) is 11.3. The molecular formula is C19H25N7OS2. The molecule has 29 heavy (non-hydrogen) atoms. The molecule has 0 aliphatic rings. The summed E-state index contributed by atoms with van der Waals surface area (Å²) in [6.45, 7) is 6.17. The molecule has 0 aliphatic carbocycles. The summed E-state index contributed by atoms with van der Waals surface area (Å²) in [5.74, 6) is 1.22. The fraction of sp³-hybridized carbons (Fsp3) is 0.421. The van der Waals surface area contributed by atoms with E-state index in [1.165, 1.54) is 23.1 Å². The largest absolute Gasteiger partial charge is 0.368 e.